The first kappa shape index (κ1) is 16.6. The van der Waals surface area contributed by atoms with E-state index in [0.29, 0.717) is 12.0 Å². The Morgan fingerprint density at radius 2 is 1.86 bits per heavy atom. The highest BCUT2D eigenvalue weighted by Crippen LogP contribution is 2.19. The average molecular weight is 297 g/mol. The van der Waals surface area contributed by atoms with Crippen LogP contribution < -0.4 is 5.32 Å². The molecule has 0 bridgehead atoms. The second-order valence-corrected chi connectivity index (χ2v) is 7.57. The molecule has 2 aliphatic heterocycles. The lowest BCUT2D eigenvalue weighted by molar-refractivity contribution is 0.0288. The van der Waals surface area contributed by atoms with Crippen molar-refractivity contribution >= 4 is 6.09 Å². The molecule has 0 aliphatic carbocycles. The normalized spacial score (nSPS) is 25.3. The van der Waals surface area contributed by atoms with E-state index < -0.39 is 5.60 Å². The highest BCUT2D eigenvalue weighted by atomic mass is 16.6. The maximum absolute atomic E-state index is 12.0. The molecule has 2 rings (SSSR count). The molecule has 2 fully saturated rings. The van der Waals surface area contributed by atoms with Crippen LogP contribution in [-0.2, 0) is 4.74 Å². The van der Waals surface area contributed by atoms with Gasteiger partial charge in [-0.25, -0.2) is 4.79 Å². The van der Waals surface area contributed by atoms with E-state index in [1.807, 2.05) is 25.7 Å². The largest absolute Gasteiger partial charge is 0.444 e. The number of ether oxygens (including phenoxy) is 1. The Kier molecular flexibility index (Phi) is 5.49. The average Bonchev–Trinajstić information content (AvgIpc) is 2.85. The maximum Gasteiger partial charge on any atom is 0.410 e. The SMILES string of the molecule is CN1CCC(NC[C@H]2CCN(C(=O)OC(C)(C)C)C2)CC1. The van der Waals surface area contributed by atoms with Gasteiger partial charge in [-0.1, -0.05) is 0 Å². The van der Waals surface area contributed by atoms with Crippen LogP contribution >= 0.6 is 0 Å². The van der Waals surface area contributed by atoms with Crippen LogP contribution in [0.15, 0.2) is 0 Å². The first-order valence-corrected chi connectivity index (χ1v) is 8.23. The Balaban J connectivity index is 1.67. The van der Waals surface area contributed by atoms with E-state index in [4.69, 9.17) is 4.74 Å². The molecule has 0 radical (unpaired) electrons. The van der Waals surface area contributed by atoms with Gasteiger partial charge >= 0.3 is 6.09 Å². The summed E-state index contributed by atoms with van der Waals surface area (Å²) in [4.78, 5) is 16.3. The summed E-state index contributed by atoms with van der Waals surface area (Å²) in [7, 11) is 2.19. The van der Waals surface area contributed by atoms with Gasteiger partial charge in [0, 0.05) is 19.1 Å². The van der Waals surface area contributed by atoms with Gasteiger partial charge in [0.05, 0.1) is 0 Å². The Morgan fingerprint density at radius 1 is 1.19 bits per heavy atom. The Hall–Kier alpha value is -0.810. The second kappa shape index (κ2) is 6.97. The van der Waals surface area contributed by atoms with Gasteiger partial charge in [0.15, 0.2) is 0 Å². The predicted molar refractivity (Wildman–Crippen MR) is 84.4 cm³/mol. The molecule has 2 heterocycles. The number of amides is 1. The number of nitrogens with zero attached hydrogens (tertiary/aromatic N) is 2. The fourth-order valence-electron chi connectivity index (χ4n) is 3.04. The number of hydrogen-bond donors (Lipinski definition) is 1. The van der Waals surface area contributed by atoms with Crippen molar-refractivity contribution < 1.29 is 9.53 Å². The van der Waals surface area contributed by atoms with Crippen molar-refractivity contribution in [3.05, 3.63) is 0 Å². The van der Waals surface area contributed by atoms with Crippen molar-refractivity contribution in [2.45, 2.75) is 51.7 Å². The maximum atomic E-state index is 12.0. The van der Waals surface area contributed by atoms with Gasteiger partial charge in [-0.2, -0.15) is 0 Å². The van der Waals surface area contributed by atoms with Crippen molar-refractivity contribution in [3.63, 3.8) is 0 Å². The Bertz CT molecular complexity index is 346. The molecule has 1 atom stereocenters. The second-order valence-electron chi connectivity index (χ2n) is 7.57. The number of likely N-dealkylation sites (tertiary alicyclic amines) is 2. The van der Waals surface area contributed by atoms with Gasteiger partial charge in [0.1, 0.15) is 5.60 Å². The third kappa shape index (κ3) is 5.47. The molecule has 0 spiro atoms. The third-order valence-corrected chi connectivity index (χ3v) is 4.35. The molecule has 1 N–H and O–H groups in total. The highest BCUT2D eigenvalue weighted by molar-refractivity contribution is 5.68. The summed E-state index contributed by atoms with van der Waals surface area (Å²) in [5.74, 6) is 0.567. The van der Waals surface area contributed by atoms with Crippen LogP contribution in [0.2, 0.25) is 0 Å². The number of carbonyl (C=O) groups is 1. The fourth-order valence-corrected chi connectivity index (χ4v) is 3.04. The van der Waals surface area contributed by atoms with Crippen molar-refractivity contribution in [3.8, 4) is 0 Å². The van der Waals surface area contributed by atoms with Gasteiger partial charge in [-0.3, -0.25) is 0 Å². The summed E-state index contributed by atoms with van der Waals surface area (Å²) in [6.45, 7) is 10.8. The van der Waals surface area contributed by atoms with Crippen molar-refractivity contribution in [2.75, 3.05) is 39.8 Å². The van der Waals surface area contributed by atoms with E-state index in [0.717, 1.165) is 26.1 Å². The van der Waals surface area contributed by atoms with Crippen molar-refractivity contribution in [1.82, 2.24) is 15.1 Å². The van der Waals surface area contributed by atoms with Gasteiger partial charge in [0.2, 0.25) is 0 Å². The molecule has 2 saturated heterocycles. The van der Waals surface area contributed by atoms with Crippen LogP contribution in [0.25, 0.3) is 0 Å². The van der Waals surface area contributed by atoms with Crippen LogP contribution in [0, 0.1) is 5.92 Å². The molecule has 0 aromatic rings. The minimum absolute atomic E-state index is 0.163. The molecular formula is C16H31N3O2. The smallest absolute Gasteiger partial charge is 0.410 e. The summed E-state index contributed by atoms with van der Waals surface area (Å²) >= 11 is 0. The molecular weight excluding hydrogens is 266 g/mol. The monoisotopic (exact) mass is 297 g/mol. The van der Waals surface area contributed by atoms with E-state index in [9.17, 15) is 4.79 Å². The first-order valence-electron chi connectivity index (χ1n) is 8.23. The van der Waals surface area contributed by atoms with E-state index in [1.165, 1.54) is 25.9 Å². The van der Waals surface area contributed by atoms with Crippen molar-refractivity contribution in [1.29, 1.82) is 0 Å². The van der Waals surface area contributed by atoms with Gasteiger partial charge < -0.3 is 19.9 Å². The highest BCUT2D eigenvalue weighted by Gasteiger charge is 2.30. The molecule has 5 nitrogen and oxygen atoms in total. The summed E-state index contributed by atoms with van der Waals surface area (Å²) in [5, 5.41) is 3.69. The molecule has 0 saturated carbocycles. The Labute approximate surface area is 129 Å². The van der Waals surface area contributed by atoms with E-state index in [1.54, 1.807) is 0 Å². The Morgan fingerprint density at radius 3 is 2.48 bits per heavy atom. The summed E-state index contributed by atoms with van der Waals surface area (Å²) in [6, 6.07) is 0.650. The summed E-state index contributed by atoms with van der Waals surface area (Å²) in [6.07, 6.45) is 3.39. The minimum Gasteiger partial charge on any atom is -0.444 e. The quantitative estimate of drug-likeness (QED) is 0.864. The van der Waals surface area contributed by atoms with Gasteiger partial charge in [-0.15, -0.1) is 0 Å². The molecule has 0 aromatic carbocycles. The lowest BCUT2D eigenvalue weighted by Gasteiger charge is -2.30. The number of carbonyl (C=O) groups excluding carboxylic acids is 1. The van der Waals surface area contributed by atoms with E-state index in [-0.39, 0.29) is 6.09 Å². The van der Waals surface area contributed by atoms with Crippen LogP contribution in [0.3, 0.4) is 0 Å². The van der Waals surface area contributed by atoms with Crippen LogP contribution in [0.4, 0.5) is 4.79 Å². The lowest BCUT2D eigenvalue weighted by atomic mass is 10.0. The topological polar surface area (TPSA) is 44.8 Å². The van der Waals surface area contributed by atoms with Crippen molar-refractivity contribution in [2.24, 2.45) is 5.92 Å². The molecule has 122 valence electrons. The van der Waals surface area contributed by atoms with Crippen LogP contribution in [0.5, 0.6) is 0 Å². The van der Waals surface area contributed by atoms with Crippen LogP contribution in [-0.4, -0.2) is 67.3 Å². The number of nitrogens with one attached hydrogen (secondary N) is 1. The number of piperidine rings is 1. The molecule has 0 aromatic heterocycles. The summed E-state index contributed by atoms with van der Waals surface area (Å²) < 4.78 is 5.44. The molecule has 1 amide bonds. The van der Waals surface area contributed by atoms with Gasteiger partial charge in [-0.05, 0) is 72.6 Å². The minimum atomic E-state index is -0.401. The predicted octanol–water partition coefficient (Wildman–Crippen LogP) is 1.93. The third-order valence-electron chi connectivity index (χ3n) is 4.35. The summed E-state index contributed by atoms with van der Waals surface area (Å²) in [5.41, 5.74) is -0.401. The molecule has 21 heavy (non-hydrogen) atoms. The molecule has 0 unspecified atom stereocenters. The standard InChI is InChI=1S/C16H31N3O2/c1-16(2,3)21-15(20)19-10-5-13(12-19)11-17-14-6-8-18(4)9-7-14/h13-14,17H,5-12H2,1-4H3/t13-/m1/s1. The van der Waals surface area contributed by atoms with Crippen LogP contribution in [0.1, 0.15) is 40.0 Å². The zero-order valence-corrected chi connectivity index (χ0v) is 14.0. The molecule has 2 aliphatic rings. The number of rotatable bonds is 3. The lowest BCUT2D eigenvalue weighted by Crippen LogP contribution is -2.43. The number of hydrogen-bond acceptors (Lipinski definition) is 4. The fraction of sp³-hybridized carbons (Fsp3) is 0.938. The first-order chi connectivity index (χ1) is 9.83. The van der Waals surface area contributed by atoms with Gasteiger partial charge in [0.25, 0.3) is 0 Å². The molecule has 5 heteroatoms. The zero-order chi connectivity index (χ0) is 15.5. The van der Waals surface area contributed by atoms with E-state index >= 15 is 0 Å². The van der Waals surface area contributed by atoms with E-state index in [2.05, 4.69) is 17.3 Å². The zero-order valence-electron chi connectivity index (χ0n) is 14.0.